The van der Waals surface area contributed by atoms with Crippen molar-refractivity contribution in [1.82, 2.24) is 15.0 Å². The number of hydrogen-bond acceptors (Lipinski definition) is 6. The molecule has 0 saturated carbocycles. The minimum atomic E-state index is -0.0185. The predicted octanol–water partition coefficient (Wildman–Crippen LogP) is 3.69. The normalized spacial score (nSPS) is 20.0. The molecule has 1 saturated heterocycles. The molecule has 2 N–H and O–H groups in total. The zero-order chi connectivity index (χ0) is 19.3. The number of amides is 1. The predicted molar refractivity (Wildman–Crippen MR) is 107 cm³/mol. The van der Waals surface area contributed by atoms with Crippen molar-refractivity contribution < 1.29 is 9.32 Å². The number of likely N-dealkylation sites (tertiary alicyclic amines) is 1. The zero-order valence-electron chi connectivity index (χ0n) is 16.1. The largest absolute Gasteiger partial charge is 0.338 e. The van der Waals surface area contributed by atoms with E-state index in [-0.39, 0.29) is 11.3 Å². The molecule has 4 rings (SSSR count). The minimum Gasteiger partial charge on any atom is -0.338 e. The number of nitrogens with zero attached hydrogens (tertiary/aromatic N) is 3. The molecule has 0 radical (unpaired) electrons. The SMILES string of the molecule is Cc1cc(-c2cc(C(=O)N3CCC(C)(CN)C3)c3c(C)noc3n2)c(C)s1. The molecular weight excluding hydrogens is 360 g/mol. The number of thiophene rings is 1. The van der Waals surface area contributed by atoms with E-state index in [0.29, 0.717) is 42.0 Å². The highest BCUT2D eigenvalue weighted by Crippen LogP contribution is 2.35. The summed E-state index contributed by atoms with van der Waals surface area (Å²) in [6.07, 6.45) is 0.918. The van der Waals surface area contributed by atoms with Crippen LogP contribution < -0.4 is 5.73 Å². The number of pyridine rings is 1. The van der Waals surface area contributed by atoms with Gasteiger partial charge < -0.3 is 15.2 Å². The van der Waals surface area contributed by atoms with Crippen molar-refractivity contribution in [3.8, 4) is 11.3 Å². The second-order valence-electron chi connectivity index (χ2n) is 7.82. The number of aryl methyl sites for hydroxylation is 3. The molecule has 3 aromatic heterocycles. The molecule has 1 aliphatic rings. The Hall–Kier alpha value is -2.25. The third-order valence-corrected chi connectivity index (χ3v) is 6.47. The Morgan fingerprint density at radius 3 is 2.78 bits per heavy atom. The van der Waals surface area contributed by atoms with E-state index < -0.39 is 0 Å². The zero-order valence-corrected chi connectivity index (χ0v) is 16.9. The number of carbonyl (C=O) groups excluding carboxylic acids is 1. The number of carbonyl (C=O) groups is 1. The van der Waals surface area contributed by atoms with Gasteiger partial charge in [-0.1, -0.05) is 12.1 Å². The maximum atomic E-state index is 13.4. The molecule has 142 valence electrons. The Bertz CT molecular complexity index is 1040. The van der Waals surface area contributed by atoms with Crippen LogP contribution in [-0.4, -0.2) is 40.6 Å². The van der Waals surface area contributed by atoms with Crippen molar-refractivity contribution in [3.05, 3.63) is 33.1 Å². The van der Waals surface area contributed by atoms with Crippen molar-refractivity contribution in [2.75, 3.05) is 19.6 Å². The lowest BCUT2D eigenvalue weighted by atomic mass is 9.90. The number of hydrogen-bond donors (Lipinski definition) is 1. The molecular formula is C20H24N4O2S. The fraction of sp³-hybridized carbons (Fsp3) is 0.450. The van der Waals surface area contributed by atoms with Gasteiger partial charge in [-0.15, -0.1) is 11.3 Å². The molecule has 0 aliphatic carbocycles. The highest BCUT2D eigenvalue weighted by molar-refractivity contribution is 7.12. The summed E-state index contributed by atoms with van der Waals surface area (Å²) in [5.41, 5.74) is 9.40. The lowest BCUT2D eigenvalue weighted by Crippen LogP contribution is -2.34. The third-order valence-electron chi connectivity index (χ3n) is 5.50. The number of aromatic nitrogens is 2. The third kappa shape index (κ3) is 3.04. The van der Waals surface area contributed by atoms with Crippen LogP contribution in [0.2, 0.25) is 0 Å². The van der Waals surface area contributed by atoms with Crippen LogP contribution in [0.25, 0.3) is 22.4 Å². The molecule has 0 aromatic carbocycles. The van der Waals surface area contributed by atoms with E-state index >= 15 is 0 Å². The first-order valence-corrected chi connectivity index (χ1v) is 9.97. The van der Waals surface area contributed by atoms with Gasteiger partial charge in [0.15, 0.2) is 0 Å². The quantitative estimate of drug-likeness (QED) is 0.744. The number of nitrogens with two attached hydrogens (primary N) is 1. The van der Waals surface area contributed by atoms with Gasteiger partial charge in [-0.25, -0.2) is 4.98 Å². The van der Waals surface area contributed by atoms with E-state index in [0.717, 1.165) is 17.7 Å². The maximum absolute atomic E-state index is 13.4. The van der Waals surface area contributed by atoms with Crippen LogP contribution in [0.15, 0.2) is 16.7 Å². The number of rotatable bonds is 3. The van der Waals surface area contributed by atoms with Crippen molar-refractivity contribution in [2.24, 2.45) is 11.1 Å². The Balaban J connectivity index is 1.83. The summed E-state index contributed by atoms with van der Waals surface area (Å²) in [5, 5.41) is 4.75. The molecule has 1 unspecified atom stereocenters. The van der Waals surface area contributed by atoms with E-state index in [1.54, 1.807) is 11.3 Å². The summed E-state index contributed by atoms with van der Waals surface area (Å²) < 4.78 is 5.42. The molecule has 7 heteroatoms. The van der Waals surface area contributed by atoms with Crippen molar-refractivity contribution in [2.45, 2.75) is 34.1 Å². The van der Waals surface area contributed by atoms with Crippen molar-refractivity contribution in [3.63, 3.8) is 0 Å². The van der Waals surface area contributed by atoms with Gasteiger partial charge in [0.25, 0.3) is 11.6 Å². The minimum absolute atomic E-state index is 0.00303. The molecule has 4 heterocycles. The monoisotopic (exact) mass is 384 g/mol. The van der Waals surface area contributed by atoms with Gasteiger partial charge in [0.1, 0.15) is 0 Å². The van der Waals surface area contributed by atoms with Gasteiger partial charge in [-0.2, -0.15) is 0 Å². The van der Waals surface area contributed by atoms with E-state index in [1.807, 2.05) is 17.9 Å². The maximum Gasteiger partial charge on any atom is 0.259 e. The molecule has 0 bridgehead atoms. The average Bonchev–Trinajstić information content (AvgIpc) is 3.31. The fourth-order valence-electron chi connectivity index (χ4n) is 3.82. The van der Waals surface area contributed by atoms with E-state index in [9.17, 15) is 4.79 Å². The molecule has 3 aromatic rings. The highest BCUT2D eigenvalue weighted by Gasteiger charge is 2.36. The van der Waals surface area contributed by atoms with Gasteiger partial charge in [0.2, 0.25) is 0 Å². The van der Waals surface area contributed by atoms with Gasteiger partial charge >= 0.3 is 0 Å². The molecule has 27 heavy (non-hydrogen) atoms. The Labute approximate surface area is 162 Å². The van der Waals surface area contributed by atoms with Gasteiger partial charge in [-0.3, -0.25) is 4.79 Å². The smallest absolute Gasteiger partial charge is 0.259 e. The first-order valence-electron chi connectivity index (χ1n) is 9.15. The molecule has 1 fully saturated rings. The molecule has 1 amide bonds. The number of fused-ring (bicyclic) bond motifs is 1. The van der Waals surface area contributed by atoms with E-state index in [2.05, 4.69) is 37.0 Å². The average molecular weight is 385 g/mol. The fourth-order valence-corrected chi connectivity index (χ4v) is 4.75. The summed E-state index contributed by atoms with van der Waals surface area (Å²) in [6.45, 7) is 10.1. The van der Waals surface area contributed by atoms with E-state index in [4.69, 9.17) is 10.3 Å². The van der Waals surface area contributed by atoms with Crippen molar-refractivity contribution >= 4 is 28.3 Å². The van der Waals surface area contributed by atoms with Crippen LogP contribution in [-0.2, 0) is 0 Å². The second-order valence-corrected chi connectivity index (χ2v) is 9.28. The Morgan fingerprint density at radius 1 is 1.37 bits per heavy atom. The summed E-state index contributed by atoms with van der Waals surface area (Å²) in [7, 11) is 0. The summed E-state index contributed by atoms with van der Waals surface area (Å²) in [4.78, 5) is 22.3. The van der Waals surface area contributed by atoms with Crippen LogP contribution in [0.3, 0.4) is 0 Å². The molecule has 1 aliphatic heterocycles. The van der Waals surface area contributed by atoms with Crippen LogP contribution >= 0.6 is 11.3 Å². The van der Waals surface area contributed by atoms with Gasteiger partial charge in [0, 0.05) is 28.4 Å². The van der Waals surface area contributed by atoms with Gasteiger partial charge in [-0.05, 0) is 51.3 Å². The van der Waals surface area contributed by atoms with Crippen LogP contribution in [0, 0.1) is 26.2 Å². The Morgan fingerprint density at radius 2 is 2.15 bits per heavy atom. The first-order chi connectivity index (χ1) is 12.8. The first kappa shape index (κ1) is 18.1. The Kier molecular flexibility index (Phi) is 4.31. The highest BCUT2D eigenvalue weighted by atomic mass is 32.1. The summed E-state index contributed by atoms with van der Waals surface area (Å²) in [5.74, 6) is -0.00303. The van der Waals surface area contributed by atoms with Crippen LogP contribution in [0.1, 0.15) is 39.2 Å². The van der Waals surface area contributed by atoms with E-state index in [1.165, 1.54) is 9.75 Å². The topological polar surface area (TPSA) is 85.2 Å². The standard InChI is InChI=1S/C20H24N4O2S/c1-11-7-14(13(3)27-11)16-8-15(17-12(2)23-26-18(17)22-16)19(25)24-6-5-20(4,9-21)10-24/h7-8H,5-6,9-10,21H2,1-4H3. The van der Waals surface area contributed by atoms with Gasteiger partial charge in [0.05, 0.1) is 22.3 Å². The second kappa shape index (κ2) is 6.42. The molecule has 6 nitrogen and oxygen atoms in total. The lowest BCUT2D eigenvalue weighted by molar-refractivity contribution is 0.0778. The summed E-state index contributed by atoms with van der Waals surface area (Å²) >= 11 is 1.72. The molecule has 0 spiro atoms. The van der Waals surface area contributed by atoms with Crippen molar-refractivity contribution in [1.29, 1.82) is 0 Å². The molecule has 1 atom stereocenters. The van der Waals surface area contributed by atoms with Crippen LogP contribution in [0.4, 0.5) is 0 Å². The lowest BCUT2D eigenvalue weighted by Gasteiger charge is -2.22. The summed E-state index contributed by atoms with van der Waals surface area (Å²) in [6, 6.07) is 3.99. The van der Waals surface area contributed by atoms with Crippen LogP contribution in [0.5, 0.6) is 0 Å².